The van der Waals surface area contributed by atoms with Gasteiger partial charge in [0, 0.05) is 6.42 Å². The van der Waals surface area contributed by atoms with Gasteiger partial charge in [0.1, 0.15) is 5.75 Å². The Bertz CT molecular complexity index is 332. The first-order chi connectivity index (χ1) is 7.37. The van der Waals surface area contributed by atoms with E-state index in [0.717, 1.165) is 7.11 Å². The molecule has 0 saturated carbocycles. The zero-order valence-corrected chi connectivity index (χ0v) is 9.96. The van der Waals surface area contributed by atoms with Crippen molar-refractivity contribution in [3.8, 4) is 0 Å². The standard InChI is InChI=1S/C9H16O6S/c1-15-9(12)7-16(13,14)6-4-2-3-5-8(10)11/h2-7H2,1H3,(H,10,11). The fourth-order valence-corrected chi connectivity index (χ4v) is 2.35. The van der Waals surface area contributed by atoms with Crippen molar-refractivity contribution in [3.63, 3.8) is 0 Å². The Morgan fingerprint density at radius 3 is 2.31 bits per heavy atom. The van der Waals surface area contributed by atoms with Crippen LogP contribution in [0.2, 0.25) is 0 Å². The third kappa shape index (κ3) is 8.22. The lowest BCUT2D eigenvalue weighted by atomic mass is 10.2. The molecule has 0 aliphatic rings. The smallest absolute Gasteiger partial charge is 0.320 e. The second-order valence-electron chi connectivity index (χ2n) is 3.37. The third-order valence-corrected chi connectivity index (χ3v) is 3.50. The number of hydrogen-bond acceptors (Lipinski definition) is 5. The van der Waals surface area contributed by atoms with Gasteiger partial charge >= 0.3 is 11.9 Å². The lowest BCUT2D eigenvalue weighted by Gasteiger charge is -2.02. The van der Waals surface area contributed by atoms with E-state index in [1.165, 1.54) is 0 Å². The van der Waals surface area contributed by atoms with Crippen LogP contribution in [0.15, 0.2) is 0 Å². The van der Waals surface area contributed by atoms with E-state index in [1.54, 1.807) is 0 Å². The van der Waals surface area contributed by atoms with Gasteiger partial charge in [0.2, 0.25) is 0 Å². The summed E-state index contributed by atoms with van der Waals surface area (Å²) >= 11 is 0. The first kappa shape index (κ1) is 14.9. The van der Waals surface area contributed by atoms with Gasteiger partial charge in [0.15, 0.2) is 9.84 Å². The molecule has 94 valence electrons. The third-order valence-electron chi connectivity index (χ3n) is 1.91. The molecular weight excluding hydrogens is 236 g/mol. The van der Waals surface area contributed by atoms with E-state index < -0.39 is 27.5 Å². The van der Waals surface area contributed by atoms with Crippen LogP contribution in [0.5, 0.6) is 0 Å². The molecule has 0 rings (SSSR count). The Labute approximate surface area is 94.5 Å². The van der Waals surface area contributed by atoms with E-state index >= 15 is 0 Å². The highest BCUT2D eigenvalue weighted by Crippen LogP contribution is 2.03. The van der Waals surface area contributed by atoms with Crippen LogP contribution in [-0.2, 0) is 24.2 Å². The second kappa shape index (κ2) is 7.21. The highest BCUT2D eigenvalue weighted by molar-refractivity contribution is 7.92. The van der Waals surface area contributed by atoms with E-state index in [0.29, 0.717) is 19.3 Å². The second-order valence-corrected chi connectivity index (χ2v) is 5.56. The fourth-order valence-electron chi connectivity index (χ4n) is 1.09. The minimum atomic E-state index is -3.42. The van der Waals surface area contributed by atoms with E-state index in [1.807, 2.05) is 0 Å². The Morgan fingerprint density at radius 2 is 1.81 bits per heavy atom. The Kier molecular flexibility index (Phi) is 6.71. The molecule has 0 radical (unpaired) electrons. The van der Waals surface area contributed by atoms with Crippen molar-refractivity contribution >= 4 is 21.8 Å². The normalized spacial score (nSPS) is 11.1. The van der Waals surface area contributed by atoms with Crippen molar-refractivity contribution in [3.05, 3.63) is 0 Å². The van der Waals surface area contributed by atoms with Crippen LogP contribution >= 0.6 is 0 Å². The minimum Gasteiger partial charge on any atom is -0.481 e. The summed E-state index contributed by atoms with van der Waals surface area (Å²) < 4.78 is 26.8. The summed E-state index contributed by atoms with van der Waals surface area (Å²) in [6, 6.07) is 0. The molecule has 6 nitrogen and oxygen atoms in total. The average molecular weight is 252 g/mol. The zero-order valence-electron chi connectivity index (χ0n) is 9.14. The highest BCUT2D eigenvalue weighted by Gasteiger charge is 2.16. The summed E-state index contributed by atoms with van der Waals surface area (Å²) in [5.74, 6) is -2.38. The average Bonchev–Trinajstić information content (AvgIpc) is 2.15. The highest BCUT2D eigenvalue weighted by atomic mass is 32.2. The van der Waals surface area contributed by atoms with Crippen molar-refractivity contribution < 1.29 is 27.9 Å². The number of esters is 1. The van der Waals surface area contributed by atoms with Gasteiger partial charge in [-0.25, -0.2) is 8.42 Å². The number of ether oxygens (including phenoxy) is 1. The maximum Gasteiger partial charge on any atom is 0.320 e. The minimum absolute atomic E-state index is 0.0387. The number of rotatable bonds is 8. The number of carbonyl (C=O) groups is 2. The van der Waals surface area contributed by atoms with Crippen molar-refractivity contribution in [1.29, 1.82) is 0 Å². The molecule has 0 aromatic carbocycles. The largest absolute Gasteiger partial charge is 0.481 e. The molecular formula is C9H16O6S. The number of sulfone groups is 1. The van der Waals surface area contributed by atoms with E-state index in [4.69, 9.17) is 5.11 Å². The number of carbonyl (C=O) groups excluding carboxylic acids is 1. The van der Waals surface area contributed by atoms with Crippen LogP contribution in [0, 0.1) is 0 Å². The van der Waals surface area contributed by atoms with Gasteiger partial charge in [-0.15, -0.1) is 0 Å². The van der Waals surface area contributed by atoms with Crippen LogP contribution in [0.3, 0.4) is 0 Å². The first-order valence-electron chi connectivity index (χ1n) is 4.86. The van der Waals surface area contributed by atoms with Gasteiger partial charge in [-0.05, 0) is 12.8 Å². The van der Waals surface area contributed by atoms with Crippen LogP contribution in [0.25, 0.3) is 0 Å². The molecule has 0 atom stereocenters. The van der Waals surface area contributed by atoms with Gasteiger partial charge in [0.25, 0.3) is 0 Å². The summed E-state index contributed by atoms with van der Waals surface area (Å²) in [6.45, 7) is 0. The summed E-state index contributed by atoms with van der Waals surface area (Å²) in [6.07, 6.45) is 1.37. The number of aliphatic carboxylic acids is 1. The molecule has 0 aliphatic carbocycles. The van der Waals surface area contributed by atoms with Crippen LogP contribution in [0.1, 0.15) is 25.7 Å². The monoisotopic (exact) mass is 252 g/mol. The molecule has 1 N–H and O–H groups in total. The zero-order chi connectivity index (χ0) is 12.6. The summed E-state index contributed by atoms with van der Waals surface area (Å²) in [5.41, 5.74) is 0. The maximum absolute atomic E-state index is 11.3. The maximum atomic E-state index is 11.3. The van der Waals surface area contributed by atoms with Gasteiger partial charge < -0.3 is 9.84 Å². The van der Waals surface area contributed by atoms with Crippen molar-refractivity contribution in [1.82, 2.24) is 0 Å². The quantitative estimate of drug-likeness (QED) is 0.490. The molecule has 0 aromatic rings. The molecule has 0 aliphatic heterocycles. The lowest BCUT2D eigenvalue weighted by Crippen LogP contribution is -2.19. The molecule has 0 fully saturated rings. The Morgan fingerprint density at radius 1 is 1.19 bits per heavy atom. The first-order valence-corrected chi connectivity index (χ1v) is 6.68. The van der Waals surface area contributed by atoms with Crippen molar-refractivity contribution in [2.45, 2.75) is 25.7 Å². The van der Waals surface area contributed by atoms with Crippen molar-refractivity contribution in [2.24, 2.45) is 0 Å². The summed E-state index contributed by atoms with van der Waals surface area (Å²) in [7, 11) is -2.29. The van der Waals surface area contributed by atoms with Gasteiger partial charge in [0.05, 0.1) is 12.9 Å². The molecule has 0 bridgehead atoms. The molecule has 16 heavy (non-hydrogen) atoms. The van der Waals surface area contributed by atoms with Gasteiger partial charge in [-0.1, -0.05) is 6.42 Å². The van der Waals surface area contributed by atoms with Gasteiger partial charge in [-0.2, -0.15) is 0 Å². The predicted molar refractivity (Wildman–Crippen MR) is 56.8 cm³/mol. The number of carboxylic acids is 1. The number of unbranched alkanes of at least 4 members (excludes halogenated alkanes) is 2. The lowest BCUT2D eigenvalue weighted by molar-refractivity contribution is -0.138. The van der Waals surface area contributed by atoms with E-state index in [9.17, 15) is 18.0 Å². The number of hydrogen-bond donors (Lipinski definition) is 1. The topological polar surface area (TPSA) is 97.7 Å². The molecule has 0 saturated heterocycles. The van der Waals surface area contributed by atoms with E-state index in [2.05, 4.69) is 4.74 Å². The van der Waals surface area contributed by atoms with Crippen LogP contribution in [0.4, 0.5) is 0 Å². The fraction of sp³-hybridized carbons (Fsp3) is 0.778. The number of methoxy groups -OCH3 is 1. The SMILES string of the molecule is COC(=O)CS(=O)(=O)CCCCCC(=O)O. The molecule has 0 aromatic heterocycles. The summed E-state index contributed by atoms with van der Waals surface area (Å²) in [5, 5.41) is 8.34. The Hall–Kier alpha value is -1.11. The Balaban J connectivity index is 3.75. The van der Waals surface area contributed by atoms with Crippen molar-refractivity contribution in [2.75, 3.05) is 18.6 Å². The molecule has 0 unspecified atom stereocenters. The molecule has 0 spiro atoms. The van der Waals surface area contributed by atoms with Crippen LogP contribution in [-0.4, -0.2) is 44.1 Å². The molecule has 0 heterocycles. The predicted octanol–water partition coefficient (Wildman–Crippen LogP) is 0.219. The summed E-state index contributed by atoms with van der Waals surface area (Å²) in [4.78, 5) is 20.9. The van der Waals surface area contributed by atoms with E-state index in [-0.39, 0.29) is 12.2 Å². The van der Waals surface area contributed by atoms with Gasteiger partial charge in [-0.3, -0.25) is 9.59 Å². The molecule has 0 amide bonds. The molecule has 7 heteroatoms. The number of carboxylic acid groups (broad SMARTS) is 1. The van der Waals surface area contributed by atoms with Crippen LogP contribution < -0.4 is 0 Å².